The standard InChI is InChI=1S/C15H17FN4O/c1-3-18-14-13(16)12(6-9-19-14)15(21)20-10(2)11-4-7-17-8-5-11/h4-10H,3H2,1-2H3,(H,18,19)(H,20,21). The predicted molar refractivity (Wildman–Crippen MR) is 78.5 cm³/mol. The Hall–Kier alpha value is -2.50. The highest BCUT2D eigenvalue weighted by Gasteiger charge is 2.17. The van der Waals surface area contributed by atoms with Gasteiger partial charge in [-0.15, -0.1) is 0 Å². The summed E-state index contributed by atoms with van der Waals surface area (Å²) in [5, 5.41) is 5.54. The smallest absolute Gasteiger partial charge is 0.254 e. The molecule has 5 nitrogen and oxygen atoms in total. The van der Waals surface area contributed by atoms with E-state index in [1.165, 1.54) is 12.3 Å². The lowest BCUT2D eigenvalue weighted by molar-refractivity contribution is 0.0935. The zero-order valence-electron chi connectivity index (χ0n) is 11.9. The van der Waals surface area contributed by atoms with Gasteiger partial charge in [-0.05, 0) is 37.6 Å². The largest absolute Gasteiger partial charge is 0.368 e. The lowest BCUT2D eigenvalue weighted by Crippen LogP contribution is -2.27. The monoisotopic (exact) mass is 288 g/mol. The Bertz CT molecular complexity index is 618. The minimum atomic E-state index is -0.640. The van der Waals surface area contributed by atoms with Crippen molar-refractivity contribution in [1.29, 1.82) is 0 Å². The average Bonchev–Trinajstić information content (AvgIpc) is 2.50. The van der Waals surface area contributed by atoms with Crippen molar-refractivity contribution < 1.29 is 9.18 Å². The molecule has 6 heteroatoms. The molecule has 0 aliphatic rings. The Morgan fingerprint density at radius 3 is 2.67 bits per heavy atom. The van der Waals surface area contributed by atoms with E-state index in [9.17, 15) is 9.18 Å². The van der Waals surface area contributed by atoms with Crippen molar-refractivity contribution in [2.75, 3.05) is 11.9 Å². The fraction of sp³-hybridized carbons (Fsp3) is 0.267. The normalized spacial score (nSPS) is 11.8. The molecule has 0 spiro atoms. The molecule has 0 saturated carbocycles. The van der Waals surface area contributed by atoms with Crippen molar-refractivity contribution in [2.24, 2.45) is 0 Å². The van der Waals surface area contributed by atoms with Crippen LogP contribution in [0.4, 0.5) is 10.2 Å². The van der Waals surface area contributed by atoms with Crippen LogP contribution in [-0.4, -0.2) is 22.4 Å². The highest BCUT2D eigenvalue weighted by atomic mass is 19.1. The molecular weight excluding hydrogens is 271 g/mol. The summed E-state index contributed by atoms with van der Waals surface area (Å²) in [6.07, 6.45) is 4.70. The molecule has 1 unspecified atom stereocenters. The van der Waals surface area contributed by atoms with E-state index in [0.717, 1.165) is 5.56 Å². The SMILES string of the molecule is CCNc1nccc(C(=O)NC(C)c2ccncc2)c1F. The fourth-order valence-electron chi connectivity index (χ4n) is 1.92. The van der Waals surface area contributed by atoms with E-state index in [0.29, 0.717) is 6.54 Å². The van der Waals surface area contributed by atoms with Gasteiger partial charge in [0.15, 0.2) is 11.6 Å². The van der Waals surface area contributed by atoms with Gasteiger partial charge in [0.1, 0.15) is 0 Å². The number of rotatable bonds is 5. The number of aromatic nitrogens is 2. The molecule has 110 valence electrons. The molecular formula is C15H17FN4O. The second kappa shape index (κ2) is 6.78. The molecule has 2 heterocycles. The first kappa shape index (κ1) is 14.9. The quantitative estimate of drug-likeness (QED) is 0.887. The van der Waals surface area contributed by atoms with Crippen molar-refractivity contribution in [1.82, 2.24) is 15.3 Å². The molecule has 2 aromatic heterocycles. The highest BCUT2D eigenvalue weighted by Crippen LogP contribution is 2.17. The molecule has 2 aromatic rings. The maximum atomic E-state index is 14.2. The lowest BCUT2D eigenvalue weighted by atomic mass is 10.1. The van der Waals surface area contributed by atoms with Gasteiger partial charge in [-0.1, -0.05) is 0 Å². The zero-order valence-corrected chi connectivity index (χ0v) is 11.9. The van der Waals surface area contributed by atoms with Crippen LogP contribution in [0.2, 0.25) is 0 Å². The van der Waals surface area contributed by atoms with Crippen LogP contribution >= 0.6 is 0 Å². The molecule has 0 fully saturated rings. The summed E-state index contributed by atoms with van der Waals surface area (Å²) in [6.45, 7) is 4.19. The van der Waals surface area contributed by atoms with Crippen LogP contribution in [0.1, 0.15) is 35.8 Å². The van der Waals surface area contributed by atoms with Crippen molar-refractivity contribution in [2.45, 2.75) is 19.9 Å². The molecule has 0 aromatic carbocycles. The average molecular weight is 288 g/mol. The Balaban J connectivity index is 2.15. The van der Waals surface area contributed by atoms with E-state index in [-0.39, 0.29) is 17.4 Å². The summed E-state index contributed by atoms with van der Waals surface area (Å²) in [7, 11) is 0. The Kier molecular flexibility index (Phi) is 4.81. The minimum absolute atomic E-state index is 0.0261. The Labute approximate surface area is 122 Å². The lowest BCUT2D eigenvalue weighted by Gasteiger charge is -2.15. The molecule has 21 heavy (non-hydrogen) atoms. The summed E-state index contributed by atoms with van der Waals surface area (Å²) in [4.78, 5) is 20.0. The molecule has 0 bridgehead atoms. The van der Waals surface area contributed by atoms with Crippen molar-refractivity contribution in [3.8, 4) is 0 Å². The van der Waals surface area contributed by atoms with Gasteiger partial charge in [-0.3, -0.25) is 9.78 Å². The Morgan fingerprint density at radius 1 is 1.29 bits per heavy atom. The van der Waals surface area contributed by atoms with Gasteiger partial charge in [0, 0.05) is 25.1 Å². The van der Waals surface area contributed by atoms with Gasteiger partial charge < -0.3 is 10.6 Å². The number of hydrogen-bond donors (Lipinski definition) is 2. The van der Waals surface area contributed by atoms with E-state index in [1.54, 1.807) is 24.5 Å². The first-order valence-corrected chi connectivity index (χ1v) is 6.72. The highest BCUT2D eigenvalue weighted by molar-refractivity contribution is 5.95. The number of carbonyl (C=O) groups is 1. The maximum Gasteiger partial charge on any atom is 0.254 e. The maximum absolute atomic E-state index is 14.2. The number of anilines is 1. The number of amides is 1. The third-order valence-corrected chi connectivity index (χ3v) is 3.03. The van der Waals surface area contributed by atoms with Gasteiger partial charge in [0.05, 0.1) is 11.6 Å². The van der Waals surface area contributed by atoms with Crippen LogP contribution in [0.5, 0.6) is 0 Å². The molecule has 0 radical (unpaired) electrons. The van der Waals surface area contributed by atoms with Crippen LogP contribution in [0.15, 0.2) is 36.8 Å². The van der Waals surface area contributed by atoms with Gasteiger partial charge in [0.25, 0.3) is 5.91 Å². The van der Waals surface area contributed by atoms with E-state index in [1.807, 2.05) is 13.8 Å². The molecule has 1 amide bonds. The second-order valence-corrected chi connectivity index (χ2v) is 4.53. The topological polar surface area (TPSA) is 66.9 Å². The van der Waals surface area contributed by atoms with Gasteiger partial charge in [-0.25, -0.2) is 9.37 Å². The molecule has 0 saturated heterocycles. The number of nitrogens with one attached hydrogen (secondary N) is 2. The van der Waals surface area contributed by atoms with Gasteiger partial charge in [-0.2, -0.15) is 0 Å². The van der Waals surface area contributed by atoms with Gasteiger partial charge in [0.2, 0.25) is 0 Å². The number of halogens is 1. The van der Waals surface area contributed by atoms with Gasteiger partial charge >= 0.3 is 0 Å². The van der Waals surface area contributed by atoms with Crippen molar-refractivity contribution >= 4 is 11.7 Å². The van der Waals surface area contributed by atoms with Crippen LogP contribution < -0.4 is 10.6 Å². The predicted octanol–water partition coefficient (Wildman–Crippen LogP) is 2.54. The van der Waals surface area contributed by atoms with Crippen LogP contribution in [0.25, 0.3) is 0 Å². The Morgan fingerprint density at radius 2 is 2.00 bits per heavy atom. The van der Waals surface area contributed by atoms with E-state index >= 15 is 0 Å². The van der Waals surface area contributed by atoms with Crippen LogP contribution in [0.3, 0.4) is 0 Å². The number of hydrogen-bond acceptors (Lipinski definition) is 4. The number of carbonyl (C=O) groups excluding carboxylic acids is 1. The molecule has 1 atom stereocenters. The fourth-order valence-corrected chi connectivity index (χ4v) is 1.92. The molecule has 2 rings (SSSR count). The third-order valence-electron chi connectivity index (χ3n) is 3.03. The van der Waals surface area contributed by atoms with Crippen molar-refractivity contribution in [3.63, 3.8) is 0 Å². The zero-order chi connectivity index (χ0) is 15.2. The van der Waals surface area contributed by atoms with E-state index in [4.69, 9.17) is 0 Å². The summed E-state index contributed by atoms with van der Waals surface area (Å²) in [6, 6.07) is 4.73. The third kappa shape index (κ3) is 3.53. The summed E-state index contributed by atoms with van der Waals surface area (Å²) in [5.74, 6) is -1.03. The van der Waals surface area contributed by atoms with Crippen LogP contribution in [0, 0.1) is 5.82 Å². The number of nitrogens with zero attached hydrogens (tertiary/aromatic N) is 2. The van der Waals surface area contributed by atoms with Crippen molar-refractivity contribution in [3.05, 3.63) is 53.7 Å². The summed E-state index contributed by atoms with van der Waals surface area (Å²) < 4.78 is 14.2. The molecule has 0 aliphatic carbocycles. The second-order valence-electron chi connectivity index (χ2n) is 4.53. The summed E-state index contributed by atoms with van der Waals surface area (Å²) >= 11 is 0. The first-order valence-electron chi connectivity index (χ1n) is 6.72. The van der Waals surface area contributed by atoms with E-state index < -0.39 is 11.7 Å². The molecule has 0 aliphatic heterocycles. The van der Waals surface area contributed by atoms with Crippen LogP contribution in [-0.2, 0) is 0 Å². The minimum Gasteiger partial charge on any atom is -0.368 e. The first-order chi connectivity index (χ1) is 10.1. The molecule has 2 N–H and O–H groups in total. The van der Waals surface area contributed by atoms with E-state index in [2.05, 4.69) is 20.6 Å². The summed E-state index contributed by atoms with van der Waals surface area (Å²) in [5.41, 5.74) is 0.876. The number of pyridine rings is 2.